The van der Waals surface area contributed by atoms with Crippen molar-refractivity contribution >= 4 is 0 Å². The zero-order valence-corrected chi connectivity index (χ0v) is 6.24. The van der Waals surface area contributed by atoms with E-state index >= 15 is 0 Å². The molecule has 1 radical (unpaired) electrons. The van der Waals surface area contributed by atoms with Gasteiger partial charge in [0.05, 0.1) is 0 Å². The Kier molecular flexibility index (Phi) is 124. The molecule has 0 unspecified atom stereocenters. The van der Waals surface area contributed by atoms with Gasteiger partial charge in [-0.1, -0.05) is 0 Å². The minimum atomic E-state index is -1.25. The van der Waals surface area contributed by atoms with Crippen molar-refractivity contribution in [3.05, 3.63) is 9.81 Å². The molecule has 0 aromatic carbocycles. The van der Waals surface area contributed by atoms with E-state index in [1.807, 2.05) is 0 Å². The van der Waals surface area contributed by atoms with Crippen molar-refractivity contribution in [2.75, 3.05) is 0 Å². The first kappa shape index (κ1) is 45.0. The maximum absolute atomic E-state index is 8.47. The zero-order chi connectivity index (χ0) is 7.15. The van der Waals surface area contributed by atoms with Gasteiger partial charge in [0.2, 0.25) is 0 Å². The number of hydrogen-bond donors (Lipinski definition) is 4. The third-order valence-electron chi connectivity index (χ3n) is 0. The largest absolute Gasteiger partial charge is 0.472 e. The Morgan fingerprint density at radius 3 is 0.667 bits per heavy atom. The Hall–Kier alpha value is -1.20. The Morgan fingerprint density at radius 2 is 0.667 bits per heavy atom. The summed E-state index contributed by atoms with van der Waals surface area (Å²) in [7, 11) is 0. The maximum Gasteiger partial charge on any atom is 0.472 e. The minimum Gasteiger partial charge on any atom is -0.412 e. The molecule has 12 heavy (non-hydrogen) atoms. The van der Waals surface area contributed by atoms with Gasteiger partial charge in [-0.05, 0) is 0 Å². The van der Waals surface area contributed by atoms with Crippen LogP contribution in [0.15, 0.2) is 0 Å². The fourth-order valence-electron chi connectivity index (χ4n) is 0. The van der Waals surface area contributed by atoms with Gasteiger partial charge < -0.3 is 16.4 Å². The van der Waals surface area contributed by atoms with Crippen LogP contribution >= 0.6 is 0 Å². The Morgan fingerprint density at radius 1 is 0.667 bits per heavy atom. The van der Waals surface area contributed by atoms with Crippen molar-refractivity contribution in [2.24, 2.45) is 0 Å². The van der Waals surface area contributed by atoms with Crippen LogP contribution in [-0.4, -0.2) is 47.4 Å². The van der Waals surface area contributed by atoms with Crippen molar-refractivity contribution in [1.29, 1.82) is 0 Å². The van der Waals surface area contributed by atoms with Gasteiger partial charge in [-0.3, -0.25) is 0 Å². The second kappa shape index (κ2) is 32.9. The summed E-state index contributed by atoms with van der Waals surface area (Å²) >= 11 is 0. The molecule has 0 amide bonds. The van der Waals surface area contributed by atoms with Crippen LogP contribution < -0.4 is 0 Å². The third kappa shape index (κ3) is 371. The molecule has 0 aromatic heterocycles. The summed E-state index contributed by atoms with van der Waals surface area (Å²) in [6.45, 7) is 0. The quantitative estimate of drug-likeness (QED) is 0.252. The van der Waals surface area contributed by atoms with Crippen LogP contribution in [0.25, 0.3) is 0 Å². The van der Waals surface area contributed by atoms with E-state index < -0.39 is 10.2 Å². The summed E-state index contributed by atoms with van der Waals surface area (Å²) in [5, 5.41) is 25.1. The Labute approximate surface area is 75.2 Å². The summed E-state index contributed by atoms with van der Waals surface area (Å²) in [5.41, 5.74) is 0. The first-order valence-corrected chi connectivity index (χ1v) is 1.17. The van der Waals surface area contributed by atoms with Crippen molar-refractivity contribution < 1.29 is 64.5 Å². The van der Waals surface area contributed by atoms with Crippen LogP contribution in [-0.2, 0) is 17.1 Å². The zero-order valence-electron chi connectivity index (χ0n) is 5.30. The van der Waals surface area contributed by atoms with Gasteiger partial charge in [0.25, 0.3) is 0 Å². The van der Waals surface area contributed by atoms with Gasteiger partial charge in [0.1, 0.15) is 9.81 Å². The molecule has 10 N–H and O–H groups in total. The molecule has 0 rings (SSSR count). The SMILES string of the molecule is O.O.O.O=[N+](O)O.O=[N+](O)O.[Cu]. The van der Waals surface area contributed by atoms with Crippen molar-refractivity contribution in [1.82, 2.24) is 0 Å². The molecule has 0 heterocycles. The molecule has 0 atom stereocenters. The van der Waals surface area contributed by atoms with Crippen LogP contribution in [0.2, 0.25) is 0 Å². The summed E-state index contributed by atoms with van der Waals surface area (Å²) in [4.78, 5) is 16.9. The van der Waals surface area contributed by atoms with E-state index in [1.165, 1.54) is 0 Å². The Balaban J connectivity index is -0.0000000112. The van der Waals surface area contributed by atoms with E-state index in [1.54, 1.807) is 0 Å². The molecule has 0 aliphatic rings. The van der Waals surface area contributed by atoms with E-state index in [9.17, 15) is 0 Å². The fourth-order valence-corrected chi connectivity index (χ4v) is 0. The second-order valence-corrected chi connectivity index (χ2v) is 0.505. The molecule has 0 aliphatic heterocycles. The minimum absolute atomic E-state index is 0. The Bertz CT molecular complexity index is 70.5. The van der Waals surface area contributed by atoms with Gasteiger partial charge in [-0.2, -0.15) is 0 Å². The molecule has 0 saturated carbocycles. The van der Waals surface area contributed by atoms with E-state index in [4.69, 9.17) is 30.6 Å². The smallest absolute Gasteiger partial charge is 0.412 e. The predicted molar refractivity (Wildman–Crippen MR) is 25.2 cm³/mol. The van der Waals surface area contributed by atoms with Crippen LogP contribution in [0.3, 0.4) is 0 Å². The van der Waals surface area contributed by atoms with Crippen LogP contribution in [0.1, 0.15) is 0 Å². The normalized spacial score (nSPS) is 4.00. The van der Waals surface area contributed by atoms with E-state index in [0.29, 0.717) is 0 Å². The first-order valence-electron chi connectivity index (χ1n) is 1.17. The summed E-state index contributed by atoms with van der Waals surface area (Å²) in [5.74, 6) is 0. The van der Waals surface area contributed by atoms with E-state index in [2.05, 4.69) is 0 Å². The fraction of sp³-hybridized carbons (Fsp3) is 0. The van der Waals surface area contributed by atoms with Gasteiger partial charge >= 0.3 is 10.2 Å². The predicted octanol–water partition coefficient (Wildman–Crippen LogP) is -3.39. The van der Waals surface area contributed by atoms with Gasteiger partial charge in [0.15, 0.2) is 0 Å². The van der Waals surface area contributed by atoms with Gasteiger partial charge in [0, 0.05) is 17.1 Å². The second-order valence-electron chi connectivity index (χ2n) is 0.505. The molecule has 0 bridgehead atoms. The maximum atomic E-state index is 8.47. The molecule has 83 valence electrons. The van der Waals surface area contributed by atoms with Gasteiger partial charge in [-0.25, -0.2) is 20.8 Å². The molecule has 0 aromatic rings. The number of rotatable bonds is 0. The topological polar surface area (TPSA) is 216 Å². The molecule has 12 heteroatoms. The average Bonchev–Trinajstić information content (AvgIpc) is 1.25. The molecule has 0 saturated heterocycles. The standard InChI is InChI=1S/Cu.2H2NO3.3H2O/c;2*2-1(3)4;;;/h;2*(H2,2,3,4);3*1H2/q;2*+1;;;. The van der Waals surface area contributed by atoms with E-state index in [0.717, 1.165) is 0 Å². The van der Waals surface area contributed by atoms with Crippen LogP contribution in [0, 0.1) is 9.81 Å². The van der Waals surface area contributed by atoms with E-state index in [-0.39, 0.29) is 33.5 Å². The third-order valence-corrected chi connectivity index (χ3v) is 0. The molecule has 0 spiro atoms. The molecular formula is H10CuN2O9+2. The van der Waals surface area contributed by atoms with Crippen molar-refractivity contribution in [3.8, 4) is 0 Å². The van der Waals surface area contributed by atoms with Crippen LogP contribution in [0.4, 0.5) is 0 Å². The number of hydrogen-bond acceptors (Lipinski definition) is 2. The summed E-state index contributed by atoms with van der Waals surface area (Å²) in [6.07, 6.45) is 0. The first-order chi connectivity index (χ1) is 3.46. The molecular weight excluding hydrogens is 236 g/mol. The van der Waals surface area contributed by atoms with Crippen molar-refractivity contribution in [2.45, 2.75) is 0 Å². The molecule has 0 fully saturated rings. The average molecular weight is 246 g/mol. The summed E-state index contributed by atoms with van der Waals surface area (Å²) in [6, 6.07) is 0. The van der Waals surface area contributed by atoms with Gasteiger partial charge in [-0.15, -0.1) is 0 Å². The van der Waals surface area contributed by atoms with Crippen LogP contribution in [0.5, 0.6) is 0 Å². The summed E-state index contributed by atoms with van der Waals surface area (Å²) < 4.78 is 0. The van der Waals surface area contributed by atoms with Crippen molar-refractivity contribution in [3.63, 3.8) is 0 Å². The molecule has 0 aliphatic carbocycles. The monoisotopic (exact) mass is 245 g/mol. The number of nitrogens with zero attached hydrogens (tertiary/aromatic N) is 2. The molecule has 11 nitrogen and oxygen atoms in total.